The van der Waals surface area contributed by atoms with Crippen LogP contribution in [0.15, 0.2) is 36.4 Å². The van der Waals surface area contributed by atoms with Gasteiger partial charge < -0.3 is 24.2 Å². The number of rotatable bonds is 7. The highest BCUT2D eigenvalue weighted by atomic mass is 16.5. The van der Waals surface area contributed by atoms with Gasteiger partial charge in [-0.3, -0.25) is 9.59 Å². The zero-order valence-electron chi connectivity index (χ0n) is 16.8. The molecule has 1 atom stereocenters. The fourth-order valence-corrected chi connectivity index (χ4v) is 3.57. The van der Waals surface area contributed by atoms with Crippen molar-refractivity contribution in [1.82, 2.24) is 4.90 Å². The molecule has 29 heavy (non-hydrogen) atoms. The number of methoxy groups -OCH3 is 2. The van der Waals surface area contributed by atoms with Gasteiger partial charge in [-0.25, -0.2) is 0 Å². The second kappa shape index (κ2) is 8.86. The van der Waals surface area contributed by atoms with Gasteiger partial charge in [0.1, 0.15) is 5.75 Å². The number of hydrogen-bond acceptors (Lipinski definition) is 5. The van der Waals surface area contributed by atoms with Crippen LogP contribution in [0.5, 0.6) is 17.2 Å². The highest BCUT2D eigenvalue weighted by Crippen LogP contribution is 2.39. The topological polar surface area (TPSA) is 85.3 Å². The number of ether oxygens (including phenoxy) is 3. The molecule has 1 unspecified atom stereocenters. The van der Waals surface area contributed by atoms with Gasteiger partial charge in [0.05, 0.1) is 26.7 Å². The van der Waals surface area contributed by atoms with Crippen LogP contribution in [0.2, 0.25) is 0 Å². The Morgan fingerprint density at radius 2 is 1.76 bits per heavy atom. The molecule has 1 N–H and O–H groups in total. The fraction of sp³-hybridized carbons (Fsp3) is 0.364. The molecule has 1 heterocycles. The Morgan fingerprint density at radius 3 is 2.38 bits per heavy atom. The van der Waals surface area contributed by atoms with Crippen LogP contribution in [0.1, 0.15) is 29.2 Å². The highest BCUT2D eigenvalue weighted by molar-refractivity contribution is 5.80. The maximum absolute atomic E-state index is 12.9. The minimum absolute atomic E-state index is 0.151. The van der Waals surface area contributed by atoms with E-state index in [0.717, 1.165) is 16.7 Å². The highest BCUT2D eigenvalue weighted by Gasteiger charge is 2.33. The lowest BCUT2D eigenvalue weighted by molar-refractivity contribution is -0.142. The summed E-state index contributed by atoms with van der Waals surface area (Å²) in [5.74, 6) is 0.462. The maximum Gasteiger partial charge on any atom is 0.305 e. The van der Waals surface area contributed by atoms with E-state index in [-0.39, 0.29) is 18.9 Å². The first-order chi connectivity index (χ1) is 13.9. The summed E-state index contributed by atoms with van der Waals surface area (Å²) in [5.41, 5.74) is 2.82. The van der Waals surface area contributed by atoms with Gasteiger partial charge in [0, 0.05) is 6.54 Å². The fourth-order valence-electron chi connectivity index (χ4n) is 3.57. The van der Waals surface area contributed by atoms with Crippen molar-refractivity contribution >= 4 is 11.9 Å². The Kier molecular flexibility index (Phi) is 6.26. The molecular weight excluding hydrogens is 374 g/mol. The summed E-state index contributed by atoms with van der Waals surface area (Å²) in [6.07, 6.45) is 0.404. The Morgan fingerprint density at radius 1 is 1.10 bits per heavy atom. The lowest BCUT2D eigenvalue weighted by Crippen LogP contribution is -2.43. The van der Waals surface area contributed by atoms with Crippen LogP contribution in [0.3, 0.4) is 0 Å². The van der Waals surface area contributed by atoms with Crippen molar-refractivity contribution in [3.05, 3.63) is 53.1 Å². The molecule has 0 saturated heterocycles. The summed E-state index contributed by atoms with van der Waals surface area (Å²) in [5, 5.41) is 9.43. The van der Waals surface area contributed by atoms with Crippen molar-refractivity contribution in [3.63, 3.8) is 0 Å². The summed E-state index contributed by atoms with van der Waals surface area (Å²) >= 11 is 0. The third kappa shape index (κ3) is 4.62. The standard InChI is InChI=1S/C22H25NO6/c1-14-4-6-16(7-5-14)29-13-21(24)23-9-8-15-10-19(27-2)20(28-3)11-17(15)18(23)12-22(25)26/h4-7,10-11,18H,8-9,12-13H2,1-3H3,(H,25,26). The van der Waals surface area contributed by atoms with E-state index in [9.17, 15) is 14.7 Å². The number of carboxylic acid groups (broad SMARTS) is 1. The first kappa shape index (κ1) is 20.5. The zero-order chi connectivity index (χ0) is 21.0. The molecule has 0 saturated carbocycles. The van der Waals surface area contributed by atoms with Crippen LogP contribution >= 0.6 is 0 Å². The van der Waals surface area contributed by atoms with Gasteiger partial charge in [0.25, 0.3) is 5.91 Å². The quantitative estimate of drug-likeness (QED) is 0.770. The lowest BCUT2D eigenvalue weighted by Gasteiger charge is -2.37. The summed E-state index contributed by atoms with van der Waals surface area (Å²) in [6.45, 7) is 2.23. The van der Waals surface area contributed by atoms with Gasteiger partial charge >= 0.3 is 5.97 Å². The van der Waals surface area contributed by atoms with Crippen molar-refractivity contribution < 1.29 is 28.9 Å². The molecule has 1 amide bonds. The predicted molar refractivity (Wildman–Crippen MR) is 107 cm³/mol. The van der Waals surface area contributed by atoms with Crippen LogP contribution in [0.4, 0.5) is 0 Å². The monoisotopic (exact) mass is 399 g/mol. The number of nitrogens with zero attached hydrogens (tertiary/aromatic N) is 1. The smallest absolute Gasteiger partial charge is 0.305 e. The number of hydrogen-bond donors (Lipinski definition) is 1. The van der Waals surface area contributed by atoms with Gasteiger partial charge in [-0.2, -0.15) is 0 Å². The molecule has 1 aliphatic heterocycles. The number of carboxylic acids is 1. The van der Waals surface area contributed by atoms with Crippen molar-refractivity contribution in [3.8, 4) is 17.2 Å². The summed E-state index contributed by atoms with van der Waals surface area (Å²) in [6, 6.07) is 10.5. The van der Waals surface area contributed by atoms with Gasteiger partial charge in [-0.1, -0.05) is 17.7 Å². The van der Waals surface area contributed by atoms with Crippen LogP contribution in [0, 0.1) is 6.92 Å². The molecule has 0 fully saturated rings. The molecule has 1 aliphatic rings. The minimum Gasteiger partial charge on any atom is -0.493 e. The number of amides is 1. The van der Waals surface area contributed by atoms with E-state index in [4.69, 9.17) is 14.2 Å². The molecule has 0 aliphatic carbocycles. The molecule has 2 aromatic carbocycles. The minimum atomic E-state index is -0.977. The molecule has 7 heteroatoms. The second-order valence-electron chi connectivity index (χ2n) is 6.96. The normalized spacial score (nSPS) is 15.4. The summed E-state index contributed by atoms with van der Waals surface area (Å²) in [7, 11) is 3.08. The van der Waals surface area contributed by atoms with E-state index < -0.39 is 12.0 Å². The van der Waals surface area contributed by atoms with Crippen LogP contribution < -0.4 is 14.2 Å². The number of benzene rings is 2. The van der Waals surface area contributed by atoms with Gasteiger partial charge in [-0.15, -0.1) is 0 Å². The number of carbonyl (C=O) groups is 2. The first-order valence-electron chi connectivity index (χ1n) is 9.38. The van der Waals surface area contributed by atoms with E-state index in [1.165, 1.54) is 7.11 Å². The third-order valence-corrected chi connectivity index (χ3v) is 5.07. The number of carbonyl (C=O) groups excluding carboxylic acids is 1. The molecule has 0 radical (unpaired) electrons. The van der Waals surface area contributed by atoms with Crippen molar-refractivity contribution in [1.29, 1.82) is 0 Å². The maximum atomic E-state index is 12.9. The number of fused-ring (bicyclic) bond motifs is 1. The molecule has 7 nitrogen and oxygen atoms in total. The molecular formula is C22H25NO6. The molecule has 2 aromatic rings. The summed E-state index contributed by atoms with van der Waals surface area (Å²) in [4.78, 5) is 26.0. The van der Waals surface area contributed by atoms with E-state index in [2.05, 4.69) is 0 Å². The van der Waals surface area contributed by atoms with Crippen molar-refractivity contribution in [2.75, 3.05) is 27.4 Å². The number of aryl methyl sites for hydroxylation is 1. The van der Waals surface area contributed by atoms with Crippen LogP contribution in [0.25, 0.3) is 0 Å². The van der Waals surface area contributed by atoms with Crippen LogP contribution in [-0.4, -0.2) is 49.3 Å². The van der Waals surface area contributed by atoms with E-state index >= 15 is 0 Å². The van der Waals surface area contributed by atoms with E-state index in [1.54, 1.807) is 30.2 Å². The Bertz CT molecular complexity index is 893. The Hall–Kier alpha value is -3.22. The zero-order valence-corrected chi connectivity index (χ0v) is 16.8. The molecule has 0 aromatic heterocycles. The van der Waals surface area contributed by atoms with E-state index in [1.807, 2.05) is 25.1 Å². The SMILES string of the molecule is COc1cc2c(cc1OC)C(CC(=O)O)N(C(=O)COc1ccc(C)cc1)CC2. The Labute approximate surface area is 169 Å². The van der Waals surface area contributed by atoms with Crippen molar-refractivity contribution in [2.24, 2.45) is 0 Å². The molecule has 0 spiro atoms. The van der Waals surface area contributed by atoms with Gasteiger partial charge in [0.15, 0.2) is 18.1 Å². The predicted octanol–water partition coefficient (Wildman–Crippen LogP) is 2.99. The van der Waals surface area contributed by atoms with Crippen molar-refractivity contribution in [2.45, 2.75) is 25.8 Å². The van der Waals surface area contributed by atoms with Gasteiger partial charge in [-0.05, 0) is 48.7 Å². The second-order valence-corrected chi connectivity index (χ2v) is 6.96. The molecule has 154 valence electrons. The van der Waals surface area contributed by atoms with E-state index in [0.29, 0.717) is 30.2 Å². The Balaban J connectivity index is 1.83. The molecule has 0 bridgehead atoms. The average Bonchev–Trinajstić information content (AvgIpc) is 2.72. The lowest BCUT2D eigenvalue weighted by atomic mass is 9.90. The van der Waals surface area contributed by atoms with Gasteiger partial charge in [0.2, 0.25) is 0 Å². The number of aliphatic carboxylic acids is 1. The molecule has 3 rings (SSSR count). The van der Waals surface area contributed by atoms with Crippen LogP contribution in [-0.2, 0) is 16.0 Å². The largest absolute Gasteiger partial charge is 0.493 e. The third-order valence-electron chi connectivity index (χ3n) is 5.07. The average molecular weight is 399 g/mol. The first-order valence-corrected chi connectivity index (χ1v) is 9.38. The summed E-state index contributed by atoms with van der Waals surface area (Å²) < 4.78 is 16.3.